The number of hydrogen-bond donors (Lipinski definition) is 3. The molecule has 6 heteroatoms. The standard InChI is InChI=1S/C15H23N3O3/c1-2-17-15(20)13-10-21-8-7-18(13)9-14(19)11-3-5-12(16)6-4-11/h3-6,13-14,19H,2,7-10,16H2,1H3,(H,17,20). The van der Waals surface area contributed by atoms with Gasteiger partial charge in [0.25, 0.3) is 0 Å². The molecule has 2 atom stereocenters. The van der Waals surface area contributed by atoms with Gasteiger partial charge in [0.1, 0.15) is 6.04 Å². The van der Waals surface area contributed by atoms with Crippen LogP contribution in [0.3, 0.4) is 0 Å². The van der Waals surface area contributed by atoms with Crippen molar-refractivity contribution in [2.24, 2.45) is 0 Å². The number of morpholine rings is 1. The maximum Gasteiger partial charge on any atom is 0.239 e. The van der Waals surface area contributed by atoms with Crippen LogP contribution in [0.5, 0.6) is 0 Å². The van der Waals surface area contributed by atoms with E-state index in [4.69, 9.17) is 10.5 Å². The van der Waals surface area contributed by atoms with Crippen LogP contribution < -0.4 is 11.1 Å². The summed E-state index contributed by atoms with van der Waals surface area (Å²) in [7, 11) is 0. The Morgan fingerprint density at radius 2 is 2.24 bits per heavy atom. The van der Waals surface area contributed by atoms with Gasteiger partial charge >= 0.3 is 0 Å². The Morgan fingerprint density at radius 3 is 2.90 bits per heavy atom. The largest absolute Gasteiger partial charge is 0.399 e. The molecule has 1 heterocycles. The number of benzene rings is 1. The summed E-state index contributed by atoms with van der Waals surface area (Å²) in [5.41, 5.74) is 7.11. The summed E-state index contributed by atoms with van der Waals surface area (Å²) < 4.78 is 5.38. The molecule has 1 aliphatic heterocycles. The molecule has 1 saturated heterocycles. The van der Waals surface area contributed by atoms with Crippen LogP contribution in [0.15, 0.2) is 24.3 Å². The van der Waals surface area contributed by atoms with E-state index in [-0.39, 0.29) is 11.9 Å². The van der Waals surface area contributed by atoms with Crippen molar-refractivity contribution in [2.75, 3.05) is 38.6 Å². The van der Waals surface area contributed by atoms with Crippen molar-refractivity contribution in [1.29, 1.82) is 0 Å². The van der Waals surface area contributed by atoms with Crippen molar-refractivity contribution in [3.8, 4) is 0 Å². The van der Waals surface area contributed by atoms with Crippen LogP contribution in [0.1, 0.15) is 18.6 Å². The summed E-state index contributed by atoms with van der Waals surface area (Å²) in [4.78, 5) is 14.0. The van der Waals surface area contributed by atoms with Crippen molar-refractivity contribution >= 4 is 11.6 Å². The zero-order valence-corrected chi connectivity index (χ0v) is 12.3. The fraction of sp³-hybridized carbons (Fsp3) is 0.533. The lowest BCUT2D eigenvalue weighted by atomic mass is 10.1. The highest BCUT2D eigenvalue weighted by Crippen LogP contribution is 2.18. The summed E-state index contributed by atoms with van der Waals surface area (Å²) in [6.07, 6.45) is -0.652. The van der Waals surface area contributed by atoms with Gasteiger partial charge in [-0.05, 0) is 24.6 Å². The Bertz CT molecular complexity index is 464. The number of nitrogens with zero attached hydrogens (tertiary/aromatic N) is 1. The number of nitrogens with one attached hydrogen (secondary N) is 1. The van der Waals surface area contributed by atoms with E-state index in [9.17, 15) is 9.90 Å². The van der Waals surface area contributed by atoms with E-state index in [1.54, 1.807) is 12.1 Å². The number of β-amino-alcohol motifs (C(OH)–C–C–N with tert-alkyl or cyclic N) is 1. The Hall–Kier alpha value is -1.63. The van der Waals surface area contributed by atoms with E-state index >= 15 is 0 Å². The van der Waals surface area contributed by atoms with E-state index in [1.807, 2.05) is 24.0 Å². The van der Waals surface area contributed by atoms with Crippen molar-refractivity contribution in [1.82, 2.24) is 10.2 Å². The number of nitrogen functional groups attached to an aromatic ring is 1. The maximum absolute atomic E-state index is 12.0. The molecule has 1 aliphatic rings. The number of aliphatic hydroxyl groups is 1. The summed E-state index contributed by atoms with van der Waals surface area (Å²) in [5.74, 6) is -0.0540. The fourth-order valence-corrected chi connectivity index (χ4v) is 2.44. The third kappa shape index (κ3) is 4.17. The summed E-state index contributed by atoms with van der Waals surface area (Å²) in [6, 6.07) is 6.80. The molecule has 0 spiro atoms. The minimum absolute atomic E-state index is 0.0540. The minimum Gasteiger partial charge on any atom is -0.399 e. The molecular formula is C15H23N3O3. The first-order valence-electron chi connectivity index (χ1n) is 7.24. The average molecular weight is 293 g/mol. The molecule has 1 amide bonds. The normalized spacial score (nSPS) is 21.0. The second-order valence-electron chi connectivity index (χ2n) is 5.16. The number of amides is 1. The molecule has 2 rings (SSSR count). The van der Waals surface area contributed by atoms with Gasteiger partial charge in [-0.25, -0.2) is 0 Å². The summed E-state index contributed by atoms with van der Waals surface area (Å²) >= 11 is 0. The van der Waals surface area contributed by atoms with Crippen LogP contribution in [-0.4, -0.2) is 54.8 Å². The predicted molar refractivity (Wildman–Crippen MR) is 80.7 cm³/mol. The lowest BCUT2D eigenvalue weighted by Gasteiger charge is -2.35. The molecule has 1 aromatic carbocycles. The smallest absolute Gasteiger partial charge is 0.239 e. The van der Waals surface area contributed by atoms with Gasteiger partial charge in [0.2, 0.25) is 5.91 Å². The van der Waals surface area contributed by atoms with E-state index in [1.165, 1.54) is 0 Å². The quantitative estimate of drug-likeness (QED) is 0.672. The maximum atomic E-state index is 12.0. The first-order chi connectivity index (χ1) is 10.1. The SMILES string of the molecule is CCNC(=O)C1COCCN1CC(O)c1ccc(N)cc1. The second kappa shape index (κ2) is 7.40. The Balaban J connectivity index is 2.01. The van der Waals surface area contributed by atoms with E-state index < -0.39 is 6.10 Å². The summed E-state index contributed by atoms with van der Waals surface area (Å²) in [6.45, 7) is 4.44. The van der Waals surface area contributed by atoms with Gasteiger partial charge in [-0.15, -0.1) is 0 Å². The predicted octanol–water partition coefficient (Wildman–Crippen LogP) is 0.139. The number of ether oxygens (including phenoxy) is 1. The highest BCUT2D eigenvalue weighted by Gasteiger charge is 2.30. The van der Waals surface area contributed by atoms with Crippen LogP contribution in [0.2, 0.25) is 0 Å². The number of anilines is 1. The molecular weight excluding hydrogens is 270 g/mol. The molecule has 1 fully saturated rings. The van der Waals surface area contributed by atoms with Crippen LogP contribution in [0.4, 0.5) is 5.69 Å². The Kier molecular flexibility index (Phi) is 5.55. The lowest BCUT2D eigenvalue weighted by Crippen LogP contribution is -2.54. The number of likely N-dealkylation sites (N-methyl/N-ethyl adjacent to an activating group) is 1. The first-order valence-corrected chi connectivity index (χ1v) is 7.24. The van der Waals surface area contributed by atoms with Crippen molar-refractivity contribution in [3.05, 3.63) is 29.8 Å². The highest BCUT2D eigenvalue weighted by molar-refractivity contribution is 5.81. The molecule has 0 radical (unpaired) electrons. The topological polar surface area (TPSA) is 87.8 Å². The Morgan fingerprint density at radius 1 is 1.52 bits per heavy atom. The van der Waals surface area contributed by atoms with Crippen LogP contribution in [0.25, 0.3) is 0 Å². The van der Waals surface area contributed by atoms with Gasteiger partial charge in [-0.2, -0.15) is 0 Å². The number of aliphatic hydroxyl groups excluding tert-OH is 1. The number of nitrogens with two attached hydrogens (primary N) is 1. The van der Waals surface area contributed by atoms with Gasteiger partial charge in [-0.1, -0.05) is 12.1 Å². The molecule has 1 aromatic rings. The van der Waals surface area contributed by atoms with Crippen molar-refractivity contribution < 1.29 is 14.6 Å². The van der Waals surface area contributed by atoms with Crippen molar-refractivity contribution in [2.45, 2.75) is 19.1 Å². The first kappa shape index (κ1) is 15.8. The molecule has 0 bridgehead atoms. The van der Waals surface area contributed by atoms with Crippen LogP contribution in [0, 0.1) is 0 Å². The van der Waals surface area contributed by atoms with Gasteiger partial charge in [-0.3, -0.25) is 9.69 Å². The van der Waals surface area contributed by atoms with Gasteiger partial charge in [0.15, 0.2) is 0 Å². The second-order valence-corrected chi connectivity index (χ2v) is 5.16. The highest BCUT2D eigenvalue weighted by atomic mass is 16.5. The van der Waals surface area contributed by atoms with Gasteiger partial charge < -0.3 is 20.9 Å². The number of rotatable bonds is 5. The monoisotopic (exact) mass is 293 g/mol. The number of hydrogen-bond acceptors (Lipinski definition) is 5. The minimum atomic E-state index is -0.652. The molecule has 4 N–H and O–H groups in total. The van der Waals surface area contributed by atoms with E-state index in [0.29, 0.717) is 38.5 Å². The number of carbonyl (C=O) groups is 1. The molecule has 6 nitrogen and oxygen atoms in total. The summed E-state index contributed by atoms with van der Waals surface area (Å²) in [5, 5.41) is 13.1. The van der Waals surface area contributed by atoms with Gasteiger partial charge in [0, 0.05) is 25.3 Å². The zero-order chi connectivity index (χ0) is 15.2. The fourth-order valence-electron chi connectivity index (χ4n) is 2.44. The number of carbonyl (C=O) groups excluding carboxylic acids is 1. The Labute approximate surface area is 124 Å². The van der Waals surface area contributed by atoms with Crippen LogP contribution in [-0.2, 0) is 9.53 Å². The third-order valence-corrected chi connectivity index (χ3v) is 3.62. The molecule has 0 saturated carbocycles. The average Bonchev–Trinajstić information content (AvgIpc) is 2.48. The molecule has 116 valence electrons. The molecule has 21 heavy (non-hydrogen) atoms. The lowest BCUT2D eigenvalue weighted by molar-refractivity contribution is -0.133. The van der Waals surface area contributed by atoms with E-state index in [0.717, 1.165) is 5.56 Å². The van der Waals surface area contributed by atoms with Crippen LogP contribution >= 0.6 is 0 Å². The third-order valence-electron chi connectivity index (χ3n) is 3.62. The molecule has 2 unspecified atom stereocenters. The van der Waals surface area contributed by atoms with E-state index in [2.05, 4.69) is 5.32 Å². The zero-order valence-electron chi connectivity index (χ0n) is 12.3. The van der Waals surface area contributed by atoms with Gasteiger partial charge in [0.05, 0.1) is 19.3 Å². The van der Waals surface area contributed by atoms with Crippen molar-refractivity contribution in [3.63, 3.8) is 0 Å². The molecule has 0 aliphatic carbocycles. The molecule has 0 aromatic heterocycles.